The SMILES string of the molecule is CC(C)CNC(=O)C(C)N(Cc1cccc(Br)c1)C(=O)CN(c1ccc(Oc2ccccc2)cc1)S(=O)(=O)c1ccccc1. The maximum absolute atomic E-state index is 14.1. The zero-order chi connectivity index (χ0) is 31.7. The highest BCUT2D eigenvalue weighted by molar-refractivity contribution is 9.10. The van der Waals surface area contributed by atoms with E-state index in [1.54, 1.807) is 49.4 Å². The fourth-order valence-corrected chi connectivity index (χ4v) is 6.30. The highest BCUT2D eigenvalue weighted by atomic mass is 79.9. The van der Waals surface area contributed by atoms with E-state index >= 15 is 0 Å². The van der Waals surface area contributed by atoms with Crippen LogP contribution in [0.4, 0.5) is 5.69 Å². The first-order chi connectivity index (χ1) is 21.0. The third-order valence-corrected chi connectivity index (χ3v) is 9.09. The fourth-order valence-electron chi connectivity index (χ4n) is 4.42. The monoisotopic (exact) mass is 677 g/mol. The summed E-state index contributed by atoms with van der Waals surface area (Å²) in [6, 6.07) is 30.3. The molecule has 230 valence electrons. The number of hydrogen-bond acceptors (Lipinski definition) is 5. The number of anilines is 1. The lowest BCUT2D eigenvalue weighted by Gasteiger charge is -2.32. The van der Waals surface area contributed by atoms with Crippen molar-refractivity contribution in [1.29, 1.82) is 0 Å². The molecule has 0 fully saturated rings. The minimum atomic E-state index is -4.16. The highest BCUT2D eigenvalue weighted by Gasteiger charge is 2.32. The molecule has 1 N–H and O–H groups in total. The molecular weight excluding hydrogens is 642 g/mol. The van der Waals surface area contributed by atoms with Gasteiger partial charge in [0.1, 0.15) is 24.1 Å². The summed E-state index contributed by atoms with van der Waals surface area (Å²) >= 11 is 3.46. The second-order valence-electron chi connectivity index (χ2n) is 10.7. The van der Waals surface area contributed by atoms with Crippen molar-refractivity contribution in [3.05, 3.63) is 119 Å². The van der Waals surface area contributed by atoms with Crippen LogP contribution in [0.1, 0.15) is 26.3 Å². The summed E-state index contributed by atoms with van der Waals surface area (Å²) < 4.78 is 35.8. The first-order valence-electron chi connectivity index (χ1n) is 14.3. The van der Waals surface area contributed by atoms with Crippen molar-refractivity contribution in [2.75, 3.05) is 17.4 Å². The Morgan fingerprint density at radius 2 is 1.43 bits per heavy atom. The van der Waals surface area contributed by atoms with Crippen molar-refractivity contribution in [3.8, 4) is 11.5 Å². The Balaban J connectivity index is 1.68. The molecule has 10 heteroatoms. The van der Waals surface area contributed by atoms with E-state index < -0.39 is 28.5 Å². The molecule has 1 atom stereocenters. The van der Waals surface area contributed by atoms with Crippen LogP contribution >= 0.6 is 15.9 Å². The van der Waals surface area contributed by atoms with Crippen LogP contribution in [0.3, 0.4) is 0 Å². The first-order valence-corrected chi connectivity index (χ1v) is 16.5. The molecule has 2 amide bonds. The maximum atomic E-state index is 14.1. The van der Waals surface area contributed by atoms with Crippen molar-refractivity contribution < 1.29 is 22.7 Å². The Kier molecular flexibility index (Phi) is 11.2. The third-order valence-electron chi connectivity index (χ3n) is 6.81. The van der Waals surface area contributed by atoms with E-state index in [0.717, 1.165) is 14.3 Å². The van der Waals surface area contributed by atoms with Crippen molar-refractivity contribution in [3.63, 3.8) is 0 Å². The van der Waals surface area contributed by atoms with Crippen LogP contribution in [0.2, 0.25) is 0 Å². The lowest BCUT2D eigenvalue weighted by Crippen LogP contribution is -2.51. The summed E-state index contributed by atoms with van der Waals surface area (Å²) in [4.78, 5) is 28.7. The van der Waals surface area contributed by atoms with E-state index in [1.165, 1.54) is 17.0 Å². The summed E-state index contributed by atoms with van der Waals surface area (Å²) in [5.41, 5.74) is 1.07. The summed E-state index contributed by atoms with van der Waals surface area (Å²) in [7, 11) is -4.16. The lowest BCUT2D eigenvalue weighted by atomic mass is 10.1. The number of amides is 2. The van der Waals surface area contributed by atoms with Gasteiger partial charge in [-0.2, -0.15) is 0 Å². The normalized spacial score (nSPS) is 11.9. The average Bonchev–Trinajstić information content (AvgIpc) is 3.02. The zero-order valence-electron chi connectivity index (χ0n) is 24.9. The predicted octanol–water partition coefficient (Wildman–Crippen LogP) is 6.63. The van der Waals surface area contributed by atoms with E-state index in [0.29, 0.717) is 18.0 Å². The molecule has 4 rings (SSSR count). The third kappa shape index (κ3) is 8.70. The number of hydrogen-bond donors (Lipinski definition) is 1. The number of nitrogens with zero attached hydrogens (tertiary/aromatic N) is 2. The topological polar surface area (TPSA) is 96.0 Å². The molecule has 0 bridgehead atoms. The van der Waals surface area contributed by atoms with Crippen molar-refractivity contribution in [2.24, 2.45) is 5.92 Å². The molecule has 0 heterocycles. The summed E-state index contributed by atoms with van der Waals surface area (Å²) in [5.74, 6) is 0.524. The van der Waals surface area contributed by atoms with Crippen LogP contribution in [0.25, 0.3) is 0 Å². The Morgan fingerprint density at radius 3 is 2.05 bits per heavy atom. The number of halogens is 1. The van der Waals surface area contributed by atoms with Crippen LogP contribution in [0, 0.1) is 5.92 Å². The molecule has 0 radical (unpaired) electrons. The Labute approximate surface area is 267 Å². The van der Waals surface area contributed by atoms with Gasteiger partial charge in [-0.1, -0.05) is 78.3 Å². The largest absolute Gasteiger partial charge is 0.457 e. The van der Waals surface area contributed by atoms with Crippen LogP contribution in [-0.2, 0) is 26.2 Å². The first kappa shape index (κ1) is 32.8. The van der Waals surface area contributed by atoms with Crippen LogP contribution in [0.15, 0.2) is 119 Å². The summed E-state index contributed by atoms with van der Waals surface area (Å²) in [6.45, 7) is 5.66. The molecule has 1 unspecified atom stereocenters. The van der Waals surface area contributed by atoms with Gasteiger partial charge in [0.05, 0.1) is 10.6 Å². The van der Waals surface area contributed by atoms with E-state index in [-0.39, 0.29) is 29.0 Å². The van der Waals surface area contributed by atoms with Crippen LogP contribution in [-0.4, -0.2) is 44.3 Å². The second-order valence-corrected chi connectivity index (χ2v) is 13.5. The van der Waals surface area contributed by atoms with Gasteiger partial charge in [-0.25, -0.2) is 8.42 Å². The smallest absolute Gasteiger partial charge is 0.264 e. The van der Waals surface area contributed by atoms with Gasteiger partial charge in [-0.15, -0.1) is 0 Å². The number of para-hydroxylation sites is 1. The Hall–Kier alpha value is -4.15. The van der Waals surface area contributed by atoms with E-state index in [4.69, 9.17) is 4.74 Å². The minimum Gasteiger partial charge on any atom is -0.457 e. The maximum Gasteiger partial charge on any atom is 0.264 e. The Morgan fingerprint density at radius 1 is 0.818 bits per heavy atom. The molecular formula is C34H36BrN3O5S. The highest BCUT2D eigenvalue weighted by Crippen LogP contribution is 2.28. The molecule has 4 aromatic rings. The number of sulfonamides is 1. The van der Waals surface area contributed by atoms with Gasteiger partial charge in [-0.05, 0) is 79.1 Å². The summed E-state index contributed by atoms with van der Waals surface area (Å²) in [5, 5.41) is 2.89. The number of benzene rings is 4. The number of rotatable bonds is 13. The van der Waals surface area contributed by atoms with Gasteiger partial charge in [0, 0.05) is 17.6 Å². The average molecular weight is 679 g/mol. The van der Waals surface area contributed by atoms with E-state index in [9.17, 15) is 18.0 Å². The molecule has 0 saturated heterocycles. The van der Waals surface area contributed by atoms with Crippen molar-refractivity contribution in [1.82, 2.24) is 10.2 Å². The molecule has 0 aliphatic heterocycles. The number of carbonyl (C=O) groups is 2. The predicted molar refractivity (Wildman–Crippen MR) is 176 cm³/mol. The second kappa shape index (κ2) is 15.0. The number of carbonyl (C=O) groups excluding carboxylic acids is 2. The standard InChI is InChI=1S/C34H36BrN3O5S/c1-25(2)22-36-34(40)26(3)37(23-27-11-10-12-28(35)21-27)33(39)24-38(44(41,42)32-15-8-5-9-16-32)29-17-19-31(20-18-29)43-30-13-6-4-7-14-30/h4-21,25-26H,22-24H2,1-3H3,(H,36,40). The van der Waals surface area contributed by atoms with E-state index in [2.05, 4.69) is 21.2 Å². The zero-order valence-corrected chi connectivity index (χ0v) is 27.3. The molecule has 4 aromatic carbocycles. The van der Waals surface area contributed by atoms with Gasteiger partial charge in [-0.3, -0.25) is 13.9 Å². The molecule has 0 saturated carbocycles. The molecule has 8 nitrogen and oxygen atoms in total. The molecule has 0 aromatic heterocycles. The van der Waals surface area contributed by atoms with Crippen molar-refractivity contribution >= 4 is 43.5 Å². The number of nitrogens with one attached hydrogen (secondary N) is 1. The minimum absolute atomic E-state index is 0.0404. The number of ether oxygens (including phenoxy) is 1. The van der Waals surface area contributed by atoms with Gasteiger partial charge < -0.3 is 15.0 Å². The molecule has 0 aliphatic rings. The van der Waals surface area contributed by atoms with Crippen LogP contribution < -0.4 is 14.4 Å². The van der Waals surface area contributed by atoms with Gasteiger partial charge in [0.25, 0.3) is 10.0 Å². The van der Waals surface area contributed by atoms with Gasteiger partial charge >= 0.3 is 0 Å². The Bertz CT molecular complexity index is 1650. The van der Waals surface area contributed by atoms with E-state index in [1.807, 2.05) is 68.4 Å². The molecule has 0 aliphatic carbocycles. The van der Waals surface area contributed by atoms with Crippen LogP contribution in [0.5, 0.6) is 11.5 Å². The molecule has 44 heavy (non-hydrogen) atoms. The quantitative estimate of drug-likeness (QED) is 0.171. The lowest BCUT2D eigenvalue weighted by molar-refractivity contribution is -0.139. The fraction of sp³-hybridized carbons (Fsp3) is 0.235. The van der Waals surface area contributed by atoms with Gasteiger partial charge in [0.2, 0.25) is 11.8 Å². The summed E-state index contributed by atoms with van der Waals surface area (Å²) in [6.07, 6.45) is 0. The van der Waals surface area contributed by atoms with Gasteiger partial charge in [0.15, 0.2) is 0 Å². The van der Waals surface area contributed by atoms with Crippen molar-refractivity contribution in [2.45, 2.75) is 38.3 Å². The molecule has 0 spiro atoms.